The van der Waals surface area contributed by atoms with E-state index in [1.807, 2.05) is 13.8 Å². The van der Waals surface area contributed by atoms with E-state index in [2.05, 4.69) is 55.8 Å². The Morgan fingerprint density at radius 3 is 1.40 bits per heavy atom. The molecule has 0 amide bonds. The summed E-state index contributed by atoms with van der Waals surface area (Å²) in [4.78, 5) is 19.9. The van der Waals surface area contributed by atoms with E-state index < -0.39 is 20.0 Å². The van der Waals surface area contributed by atoms with Crippen molar-refractivity contribution in [2.45, 2.75) is 152 Å². The standard InChI is InChI=1S/C24H36N4O4S2.C23H34N4O5S2/c1-15-5-7-20(8-6-15)28-34(29,30)21-13-19(14-25-23(21)31-4)22-17(3)27-24(33-22)26-16(2)18-9-11-32-12-10-18;1-14(16-8-10-32-11-9-16)25-23-26-15(2)21(33-23)17-12-20(22(31-3)24-13-17)34(29,30)27-18-4-6-19(28)7-5-18/h13-16,18,20,28H,5-12H2,1-4H3,(H,26,27);12-14,16,18-19,27-28H,4-11H2,1-3H3,(H,25,26). The number of methoxy groups -OCH3 is 2. The summed E-state index contributed by atoms with van der Waals surface area (Å²) in [5.41, 5.74) is 3.06. The molecule has 21 heteroatoms. The Balaban J connectivity index is 0.000000201. The fourth-order valence-electron chi connectivity index (χ4n) is 9.45. The molecule has 0 aromatic carbocycles. The monoisotopic (exact) mass is 1020 g/mol. The number of ether oxygens (including phenoxy) is 4. The minimum atomic E-state index is -3.85. The molecule has 68 heavy (non-hydrogen) atoms. The number of hydrogen-bond donors (Lipinski definition) is 5. The maximum atomic E-state index is 13.3. The van der Waals surface area contributed by atoms with Crippen LogP contribution in [0.1, 0.15) is 109 Å². The summed E-state index contributed by atoms with van der Waals surface area (Å²) in [6.45, 7) is 13.6. The maximum absolute atomic E-state index is 13.3. The average molecular weight is 1020 g/mol. The lowest BCUT2D eigenvalue weighted by molar-refractivity contribution is 0.0621. The lowest BCUT2D eigenvalue weighted by Gasteiger charge is -2.28. The number of aliphatic hydroxyl groups is 1. The number of aryl methyl sites for hydroxylation is 2. The molecule has 2 unspecified atom stereocenters. The van der Waals surface area contributed by atoms with Gasteiger partial charge in [-0.05, 0) is 135 Å². The molecular formula is C47H70N8O9S4. The Bertz CT molecular complexity index is 2320. The van der Waals surface area contributed by atoms with Crippen molar-refractivity contribution < 1.29 is 40.9 Å². The number of aromatic nitrogens is 4. The predicted octanol–water partition coefficient (Wildman–Crippen LogP) is 7.94. The van der Waals surface area contributed by atoms with Crippen LogP contribution >= 0.6 is 22.7 Å². The van der Waals surface area contributed by atoms with Crippen molar-refractivity contribution in [2.24, 2.45) is 17.8 Å². The van der Waals surface area contributed by atoms with Crippen LogP contribution < -0.4 is 29.6 Å². The Morgan fingerprint density at radius 1 is 0.632 bits per heavy atom. The van der Waals surface area contributed by atoms with E-state index in [-0.39, 0.29) is 51.8 Å². The zero-order valence-corrected chi connectivity index (χ0v) is 43.6. The summed E-state index contributed by atoms with van der Waals surface area (Å²) in [5.74, 6) is 1.89. The number of nitrogens with one attached hydrogen (secondary N) is 4. The van der Waals surface area contributed by atoms with E-state index in [4.69, 9.17) is 23.9 Å². The first-order valence-electron chi connectivity index (χ1n) is 24.0. The minimum absolute atomic E-state index is 0.0107. The van der Waals surface area contributed by atoms with Crippen LogP contribution in [-0.4, -0.2) is 113 Å². The molecule has 17 nitrogen and oxygen atoms in total. The molecule has 4 aromatic rings. The van der Waals surface area contributed by atoms with Gasteiger partial charge in [-0.1, -0.05) is 29.6 Å². The van der Waals surface area contributed by atoms with Gasteiger partial charge in [0.05, 0.1) is 41.5 Å². The van der Waals surface area contributed by atoms with E-state index in [9.17, 15) is 21.9 Å². The van der Waals surface area contributed by atoms with Crippen molar-refractivity contribution in [1.82, 2.24) is 29.4 Å². The Kier molecular flexibility index (Phi) is 18.1. The number of hydrogen-bond acceptors (Lipinski definition) is 17. The number of rotatable bonds is 16. The molecule has 0 bridgehead atoms. The third-order valence-electron chi connectivity index (χ3n) is 13.7. The number of nitrogens with zero attached hydrogens (tertiary/aromatic N) is 4. The van der Waals surface area contributed by atoms with Gasteiger partial charge in [0.25, 0.3) is 0 Å². The van der Waals surface area contributed by atoms with Gasteiger partial charge in [0.2, 0.25) is 31.8 Å². The van der Waals surface area contributed by atoms with E-state index in [1.165, 1.54) is 36.9 Å². The molecule has 0 spiro atoms. The minimum Gasteiger partial charge on any atom is -0.480 e. The molecule has 4 aliphatic rings. The normalized spacial score (nSPS) is 22.9. The number of thiazole rings is 2. The van der Waals surface area contributed by atoms with Crippen LogP contribution in [0.5, 0.6) is 11.8 Å². The molecule has 4 fully saturated rings. The zero-order valence-electron chi connectivity index (χ0n) is 40.4. The summed E-state index contributed by atoms with van der Waals surface area (Å²) < 4.78 is 80.2. The Morgan fingerprint density at radius 2 is 1.01 bits per heavy atom. The van der Waals surface area contributed by atoms with Gasteiger partial charge in [-0.2, -0.15) is 0 Å². The number of aliphatic hydroxyl groups excluding tert-OH is 1. The van der Waals surface area contributed by atoms with Gasteiger partial charge in [-0.15, -0.1) is 0 Å². The molecule has 2 atom stereocenters. The highest BCUT2D eigenvalue weighted by Crippen LogP contribution is 2.39. The van der Waals surface area contributed by atoms with E-state index in [0.29, 0.717) is 49.0 Å². The smallest absolute Gasteiger partial charge is 0.246 e. The fraction of sp³-hybridized carbons (Fsp3) is 0.660. The summed E-state index contributed by atoms with van der Waals surface area (Å²) >= 11 is 3.02. The van der Waals surface area contributed by atoms with Gasteiger partial charge in [-0.25, -0.2) is 46.2 Å². The number of anilines is 2. The second-order valence-electron chi connectivity index (χ2n) is 18.8. The third kappa shape index (κ3) is 13.4. The Labute approximate surface area is 410 Å². The van der Waals surface area contributed by atoms with Gasteiger partial charge in [0.15, 0.2) is 10.3 Å². The molecule has 376 valence electrons. The second kappa shape index (κ2) is 23.6. The van der Waals surface area contributed by atoms with Crippen LogP contribution in [-0.2, 0) is 29.5 Å². The third-order valence-corrected chi connectivity index (χ3v) is 19.0. The van der Waals surface area contributed by atoms with Crippen LogP contribution in [0.25, 0.3) is 20.9 Å². The van der Waals surface area contributed by atoms with Gasteiger partial charge >= 0.3 is 0 Å². The lowest BCUT2D eigenvalue weighted by Crippen LogP contribution is -2.38. The second-order valence-corrected chi connectivity index (χ2v) is 24.2. The van der Waals surface area contributed by atoms with Crippen LogP contribution in [0.4, 0.5) is 10.3 Å². The Hall–Kier alpha value is -3.54. The number of pyridine rings is 2. The van der Waals surface area contributed by atoms with E-state index >= 15 is 0 Å². The first-order chi connectivity index (χ1) is 32.5. The average Bonchev–Trinajstić information content (AvgIpc) is 3.90. The van der Waals surface area contributed by atoms with E-state index in [1.54, 1.807) is 24.5 Å². The van der Waals surface area contributed by atoms with Gasteiger partial charge in [0.1, 0.15) is 9.79 Å². The molecule has 8 rings (SSSR count). The van der Waals surface area contributed by atoms with Crippen molar-refractivity contribution in [3.63, 3.8) is 0 Å². The van der Waals surface area contributed by atoms with Crippen molar-refractivity contribution in [3.8, 4) is 32.6 Å². The maximum Gasteiger partial charge on any atom is 0.246 e. The fourth-order valence-corrected chi connectivity index (χ4v) is 14.4. The summed E-state index contributed by atoms with van der Waals surface area (Å²) in [7, 11) is -4.77. The quantitative estimate of drug-likeness (QED) is 0.0718. The largest absolute Gasteiger partial charge is 0.480 e. The molecule has 6 heterocycles. The first kappa shape index (κ1) is 52.3. The first-order valence-corrected chi connectivity index (χ1v) is 28.6. The molecule has 2 saturated heterocycles. The van der Waals surface area contributed by atoms with Gasteiger partial charge < -0.3 is 34.7 Å². The van der Waals surface area contributed by atoms with E-state index in [0.717, 1.165) is 115 Å². The molecule has 2 saturated carbocycles. The van der Waals surface area contributed by atoms with Crippen molar-refractivity contribution in [3.05, 3.63) is 35.9 Å². The molecule has 5 N–H and O–H groups in total. The highest BCUT2D eigenvalue weighted by atomic mass is 32.2. The summed E-state index contributed by atoms with van der Waals surface area (Å²) in [5, 5.41) is 18.4. The van der Waals surface area contributed by atoms with Crippen molar-refractivity contribution in [1.29, 1.82) is 0 Å². The molecule has 4 aromatic heterocycles. The van der Waals surface area contributed by atoms with Crippen molar-refractivity contribution in [2.75, 3.05) is 51.3 Å². The number of sulfonamides is 2. The highest BCUT2D eigenvalue weighted by Gasteiger charge is 2.31. The summed E-state index contributed by atoms with van der Waals surface area (Å²) in [6, 6.07) is 3.56. The molecule has 2 aliphatic heterocycles. The molecular weight excluding hydrogens is 949 g/mol. The van der Waals surface area contributed by atoms with Crippen LogP contribution in [0, 0.1) is 31.6 Å². The predicted molar refractivity (Wildman–Crippen MR) is 267 cm³/mol. The zero-order chi connectivity index (χ0) is 48.6. The lowest BCUT2D eigenvalue weighted by atomic mass is 9.88. The van der Waals surface area contributed by atoms with Gasteiger partial charge in [0, 0.05) is 74.1 Å². The van der Waals surface area contributed by atoms with Crippen LogP contribution in [0.15, 0.2) is 34.3 Å². The SMILES string of the molecule is COc1ncc(-c2sc(NC(C)C3CCOCC3)nc2C)cc1S(=O)(=O)NC1CCC(C)CC1.COc1ncc(-c2sc(NC(C)C3CCOCC3)nc2C)cc1S(=O)(=O)NC1CCC(O)CC1. The highest BCUT2D eigenvalue weighted by molar-refractivity contribution is 7.90. The topological polar surface area (TPSA) is 225 Å². The van der Waals surface area contributed by atoms with Gasteiger partial charge in [-0.3, -0.25) is 0 Å². The molecule has 2 aliphatic carbocycles. The van der Waals surface area contributed by atoms with Crippen molar-refractivity contribution >= 4 is 53.0 Å². The van der Waals surface area contributed by atoms with Crippen LogP contribution in [0.3, 0.4) is 0 Å². The van der Waals surface area contributed by atoms with Crippen LogP contribution in [0.2, 0.25) is 0 Å². The summed E-state index contributed by atoms with van der Waals surface area (Å²) in [6.07, 6.45) is 13.2. The molecule has 0 radical (unpaired) electrons.